The number of nitrogens with zero attached hydrogens (tertiary/aromatic N) is 2. The van der Waals surface area contributed by atoms with E-state index >= 15 is 0 Å². The number of rotatable bonds is 3. The fourth-order valence-corrected chi connectivity index (χ4v) is 9.32. The second-order valence-electron chi connectivity index (χ2n) is 14.1. The summed E-state index contributed by atoms with van der Waals surface area (Å²) in [5.41, 5.74) is 7.24. The van der Waals surface area contributed by atoms with Crippen molar-refractivity contribution in [2.24, 2.45) is 27.6 Å². The van der Waals surface area contributed by atoms with Crippen molar-refractivity contribution in [1.82, 2.24) is 20.6 Å². The Bertz CT molecular complexity index is 1420. The van der Waals surface area contributed by atoms with Crippen LogP contribution in [-0.4, -0.2) is 39.8 Å². The molecule has 6 heteroatoms. The number of amides is 2. The predicted molar refractivity (Wildman–Crippen MR) is 157 cm³/mol. The predicted octanol–water partition coefficient (Wildman–Crippen LogP) is 6.42. The van der Waals surface area contributed by atoms with Crippen LogP contribution >= 0.6 is 0 Å². The van der Waals surface area contributed by atoms with Crippen LogP contribution in [0.1, 0.15) is 89.8 Å². The summed E-state index contributed by atoms with van der Waals surface area (Å²) in [5, 5.41) is 15.3. The molecule has 0 aliphatic heterocycles. The Morgan fingerprint density at radius 3 is 2.59 bits per heavy atom. The van der Waals surface area contributed by atoms with E-state index in [-0.39, 0.29) is 46.4 Å². The van der Waals surface area contributed by atoms with E-state index in [0.717, 1.165) is 36.7 Å². The fourth-order valence-electron chi connectivity index (χ4n) is 9.32. The molecule has 3 N–H and O–H groups in total. The number of nitrogens with one attached hydrogen (secondary N) is 2. The standard InChI is InChI=1S/C33H44N4O2/c1-21-22-7-9-31(4)24(23(22)19-25-27(21)35-16-15-34-25)8-10-32(5)26-20-30(3,37-28(39)36-17-18-38)13-11-29(26,2)12-14-33(31,32)6/h7-9,15-16,19,26,38H,10-14,17-18,20H2,1-6H3,(H2,36,37,39)/t26-,29-,30-,31-,32+,33-/m1/s1. The number of hydrogen-bond donors (Lipinski definition) is 3. The molecule has 6 atom stereocenters. The number of benzene rings is 1. The van der Waals surface area contributed by atoms with Gasteiger partial charge in [-0.1, -0.05) is 45.9 Å². The summed E-state index contributed by atoms with van der Waals surface area (Å²) in [4.78, 5) is 22.0. The number of aliphatic hydroxyl groups excluding tert-OH is 1. The van der Waals surface area contributed by atoms with Crippen LogP contribution in [0.25, 0.3) is 22.7 Å². The Labute approximate surface area is 232 Å². The highest BCUT2D eigenvalue weighted by molar-refractivity contribution is 5.93. The van der Waals surface area contributed by atoms with Crippen molar-refractivity contribution < 1.29 is 9.90 Å². The smallest absolute Gasteiger partial charge is 0.315 e. The number of aliphatic hydroxyl groups is 1. The average Bonchev–Trinajstić information content (AvgIpc) is 2.90. The first-order valence-corrected chi connectivity index (χ1v) is 14.7. The number of allylic oxidation sites excluding steroid dienone is 3. The Kier molecular flexibility index (Phi) is 5.86. The first kappa shape index (κ1) is 26.5. The van der Waals surface area contributed by atoms with Gasteiger partial charge in [0.15, 0.2) is 0 Å². The van der Waals surface area contributed by atoms with Crippen LogP contribution in [-0.2, 0) is 0 Å². The zero-order valence-electron chi connectivity index (χ0n) is 24.4. The van der Waals surface area contributed by atoms with Crippen LogP contribution in [0.3, 0.4) is 0 Å². The van der Waals surface area contributed by atoms with Gasteiger partial charge >= 0.3 is 6.03 Å². The van der Waals surface area contributed by atoms with Crippen molar-refractivity contribution in [3.63, 3.8) is 0 Å². The molecule has 1 aromatic heterocycles. The van der Waals surface area contributed by atoms with Crippen molar-refractivity contribution in [2.45, 2.75) is 85.6 Å². The van der Waals surface area contributed by atoms with Crippen LogP contribution in [0.4, 0.5) is 4.79 Å². The molecule has 2 amide bonds. The third kappa shape index (κ3) is 3.59. The normalized spacial score (nSPS) is 38.6. The lowest BCUT2D eigenvalue weighted by Crippen LogP contribution is -2.65. The van der Waals surface area contributed by atoms with Gasteiger partial charge in [-0.3, -0.25) is 9.97 Å². The molecule has 0 unspecified atom stereocenters. The van der Waals surface area contributed by atoms with E-state index in [1.165, 1.54) is 35.1 Å². The van der Waals surface area contributed by atoms with Gasteiger partial charge in [0.25, 0.3) is 0 Å². The van der Waals surface area contributed by atoms with Crippen molar-refractivity contribution in [1.29, 1.82) is 0 Å². The highest BCUT2D eigenvalue weighted by Crippen LogP contribution is 2.75. The molecule has 0 radical (unpaired) electrons. The number of aromatic nitrogens is 2. The van der Waals surface area contributed by atoms with Crippen molar-refractivity contribution in [3.8, 4) is 0 Å². The van der Waals surface area contributed by atoms with E-state index in [4.69, 9.17) is 5.11 Å². The summed E-state index contributed by atoms with van der Waals surface area (Å²) in [6.45, 7) is 14.7. The van der Waals surface area contributed by atoms with Crippen molar-refractivity contribution >= 4 is 28.7 Å². The number of hydrogen-bond acceptors (Lipinski definition) is 4. The molecule has 2 fully saturated rings. The van der Waals surface area contributed by atoms with E-state index in [9.17, 15) is 4.79 Å². The summed E-state index contributed by atoms with van der Waals surface area (Å²) in [6.07, 6.45) is 17.5. The molecule has 2 aromatic rings. The highest BCUT2D eigenvalue weighted by atomic mass is 16.3. The summed E-state index contributed by atoms with van der Waals surface area (Å²) in [5.74, 6) is 0.481. The monoisotopic (exact) mass is 528 g/mol. The maximum Gasteiger partial charge on any atom is 0.315 e. The van der Waals surface area contributed by atoms with Gasteiger partial charge in [-0.05, 0) is 103 Å². The molecule has 0 saturated heterocycles. The molecule has 0 bridgehead atoms. The first-order chi connectivity index (χ1) is 18.4. The average molecular weight is 529 g/mol. The molecule has 6 nitrogen and oxygen atoms in total. The van der Waals surface area contributed by atoms with Gasteiger partial charge in [-0.25, -0.2) is 4.79 Å². The van der Waals surface area contributed by atoms with E-state index in [1.807, 2.05) is 0 Å². The summed E-state index contributed by atoms with van der Waals surface area (Å²) in [7, 11) is 0. The first-order valence-electron chi connectivity index (χ1n) is 14.7. The van der Waals surface area contributed by atoms with Gasteiger partial charge in [-0.15, -0.1) is 0 Å². The molecule has 39 heavy (non-hydrogen) atoms. The molecule has 208 valence electrons. The molecule has 2 saturated carbocycles. The van der Waals surface area contributed by atoms with E-state index < -0.39 is 0 Å². The quantitative estimate of drug-likeness (QED) is 0.429. The number of fused-ring (bicyclic) bond motifs is 8. The summed E-state index contributed by atoms with van der Waals surface area (Å²) >= 11 is 0. The minimum Gasteiger partial charge on any atom is -0.395 e. The van der Waals surface area contributed by atoms with Gasteiger partial charge in [0, 0.05) is 29.9 Å². The second kappa shape index (κ2) is 8.63. The number of urea groups is 1. The number of carbonyl (C=O) groups is 1. The molecule has 1 heterocycles. The highest BCUT2D eigenvalue weighted by Gasteiger charge is 2.67. The fraction of sp³-hybridized carbons (Fsp3) is 0.606. The largest absolute Gasteiger partial charge is 0.395 e. The molecular formula is C33H44N4O2. The summed E-state index contributed by atoms with van der Waals surface area (Å²) in [6, 6.07) is 2.10. The third-order valence-electron chi connectivity index (χ3n) is 12.1. The number of carbonyl (C=O) groups excluding carboxylic acids is 1. The lowest BCUT2D eigenvalue weighted by atomic mass is 9.34. The van der Waals surface area contributed by atoms with Crippen LogP contribution in [0.2, 0.25) is 0 Å². The van der Waals surface area contributed by atoms with E-state index in [1.54, 1.807) is 12.4 Å². The molecule has 0 spiro atoms. The lowest BCUT2D eigenvalue weighted by molar-refractivity contribution is -0.171. The Hall–Kier alpha value is -2.73. The van der Waals surface area contributed by atoms with Crippen LogP contribution in [0, 0.1) is 34.5 Å². The van der Waals surface area contributed by atoms with Crippen LogP contribution in [0.5, 0.6) is 0 Å². The van der Waals surface area contributed by atoms with E-state index in [0.29, 0.717) is 5.92 Å². The van der Waals surface area contributed by atoms with E-state index in [2.05, 4.69) is 86.4 Å². The zero-order valence-corrected chi connectivity index (χ0v) is 24.4. The summed E-state index contributed by atoms with van der Waals surface area (Å²) < 4.78 is 0. The maximum atomic E-state index is 12.7. The molecule has 1 aromatic carbocycles. The van der Waals surface area contributed by atoms with Crippen LogP contribution < -0.4 is 10.6 Å². The minimum absolute atomic E-state index is 0.0486. The van der Waals surface area contributed by atoms with Crippen molar-refractivity contribution in [3.05, 3.63) is 47.3 Å². The topological polar surface area (TPSA) is 87.1 Å². The Balaban J connectivity index is 1.42. The SMILES string of the molecule is Cc1c2c(cc3nccnc13)C1=CC[C@@]3(C)[C@@H]4C[C@](C)(NC(=O)NCCO)CC[C@]4(C)CC[C@]3(C)[C@]1(C)C=C2. The van der Waals surface area contributed by atoms with Gasteiger partial charge in [0.1, 0.15) is 0 Å². The van der Waals surface area contributed by atoms with Gasteiger partial charge in [0.2, 0.25) is 0 Å². The second-order valence-corrected chi connectivity index (χ2v) is 14.1. The molecule has 6 rings (SSSR count). The molecule has 4 aliphatic rings. The molecule has 4 aliphatic carbocycles. The van der Waals surface area contributed by atoms with Gasteiger partial charge < -0.3 is 15.7 Å². The Morgan fingerprint density at radius 1 is 1.08 bits per heavy atom. The van der Waals surface area contributed by atoms with Crippen LogP contribution in [0.15, 0.2) is 30.6 Å². The Morgan fingerprint density at radius 2 is 1.82 bits per heavy atom. The lowest BCUT2D eigenvalue weighted by Gasteiger charge is -2.70. The third-order valence-corrected chi connectivity index (χ3v) is 12.1. The maximum absolute atomic E-state index is 12.7. The minimum atomic E-state index is -0.264. The molecular weight excluding hydrogens is 484 g/mol. The zero-order chi connectivity index (χ0) is 27.8. The number of aryl methyl sites for hydroxylation is 1. The van der Waals surface area contributed by atoms with Gasteiger partial charge in [0.05, 0.1) is 17.6 Å². The van der Waals surface area contributed by atoms with Crippen molar-refractivity contribution in [2.75, 3.05) is 13.2 Å². The van der Waals surface area contributed by atoms with Gasteiger partial charge in [-0.2, -0.15) is 0 Å².